The van der Waals surface area contributed by atoms with Gasteiger partial charge in [0.25, 0.3) is 0 Å². The third-order valence-electron chi connectivity index (χ3n) is 4.02. The van der Waals surface area contributed by atoms with E-state index in [1.165, 1.54) is 36.0 Å². The van der Waals surface area contributed by atoms with Crippen molar-refractivity contribution in [2.75, 3.05) is 0 Å². The van der Waals surface area contributed by atoms with Crippen LogP contribution in [0.1, 0.15) is 56.6 Å². The van der Waals surface area contributed by atoms with Gasteiger partial charge in [-0.25, -0.2) is 0 Å². The average Bonchev–Trinajstić information content (AvgIpc) is 3.03. The molecule has 0 saturated heterocycles. The fourth-order valence-corrected chi connectivity index (χ4v) is 2.57. The summed E-state index contributed by atoms with van der Waals surface area (Å²) in [6.07, 6.45) is 15.8. The zero-order valence-electron chi connectivity index (χ0n) is 13.1. The molecule has 1 aromatic rings. The van der Waals surface area contributed by atoms with Crippen molar-refractivity contribution in [3.05, 3.63) is 60.3 Å². The number of nitrogens with one attached hydrogen (secondary N) is 1. The molecule has 0 saturated carbocycles. The Kier molecular flexibility index (Phi) is 6.33. The van der Waals surface area contributed by atoms with Crippen molar-refractivity contribution in [3.63, 3.8) is 0 Å². The van der Waals surface area contributed by atoms with Crippen molar-refractivity contribution < 1.29 is 0 Å². The van der Waals surface area contributed by atoms with Crippen LogP contribution in [0.3, 0.4) is 0 Å². The van der Waals surface area contributed by atoms with Crippen LogP contribution in [0.25, 0.3) is 11.6 Å². The molecule has 1 heterocycles. The third kappa shape index (κ3) is 5.26. The van der Waals surface area contributed by atoms with Gasteiger partial charge in [0.1, 0.15) is 0 Å². The Labute approximate surface area is 129 Å². The standard InChI is InChI=1S/C20H27N/c1-3-4-5-6-8-18-11-13-19(14-12-18)17(2)10-15-20-9-7-16-21-20/h6-8,11-14,16,20-21H,2-5,9-10,15H2,1H3/b8-6+. The van der Waals surface area contributed by atoms with Crippen LogP contribution >= 0.6 is 0 Å². The summed E-state index contributed by atoms with van der Waals surface area (Å²) in [5, 5.41) is 3.38. The molecule has 0 radical (unpaired) electrons. The predicted octanol–water partition coefficient (Wildman–Crippen LogP) is 5.56. The molecule has 0 aromatic heterocycles. The Morgan fingerprint density at radius 1 is 1.33 bits per heavy atom. The molecular formula is C20H27N. The van der Waals surface area contributed by atoms with Gasteiger partial charge < -0.3 is 5.32 Å². The van der Waals surface area contributed by atoms with Gasteiger partial charge in [-0.1, -0.05) is 68.8 Å². The minimum atomic E-state index is 0.600. The molecule has 2 rings (SSSR count). The van der Waals surface area contributed by atoms with Gasteiger partial charge in [-0.2, -0.15) is 0 Å². The smallest absolute Gasteiger partial charge is 0.0293 e. The summed E-state index contributed by atoms with van der Waals surface area (Å²) in [6, 6.07) is 9.38. The first kappa shape index (κ1) is 15.6. The molecule has 112 valence electrons. The van der Waals surface area contributed by atoms with E-state index in [-0.39, 0.29) is 0 Å². The predicted molar refractivity (Wildman–Crippen MR) is 93.9 cm³/mol. The number of rotatable bonds is 8. The zero-order valence-corrected chi connectivity index (χ0v) is 13.1. The van der Waals surface area contributed by atoms with Crippen LogP contribution < -0.4 is 5.32 Å². The highest BCUT2D eigenvalue weighted by Gasteiger charge is 2.09. The van der Waals surface area contributed by atoms with Crippen LogP contribution in [-0.4, -0.2) is 6.04 Å². The number of benzene rings is 1. The molecule has 21 heavy (non-hydrogen) atoms. The van der Waals surface area contributed by atoms with Gasteiger partial charge in [0, 0.05) is 6.04 Å². The molecule has 1 unspecified atom stereocenters. The Bertz CT molecular complexity index is 485. The summed E-state index contributed by atoms with van der Waals surface area (Å²) in [7, 11) is 0. The first-order valence-electron chi connectivity index (χ1n) is 8.15. The van der Waals surface area contributed by atoms with Crippen molar-refractivity contribution in [1.82, 2.24) is 5.32 Å². The van der Waals surface area contributed by atoms with Crippen molar-refractivity contribution in [3.8, 4) is 0 Å². The Morgan fingerprint density at radius 3 is 2.81 bits per heavy atom. The zero-order chi connectivity index (χ0) is 14.9. The fraction of sp³-hybridized carbons (Fsp3) is 0.400. The monoisotopic (exact) mass is 281 g/mol. The van der Waals surface area contributed by atoms with Crippen molar-refractivity contribution in [1.29, 1.82) is 0 Å². The van der Waals surface area contributed by atoms with Gasteiger partial charge >= 0.3 is 0 Å². The van der Waals surface area contributed by atoms with E-state index in [9.17, 15) is 0 Å². The van der Waals surface area contributed by atoms with E-state index >= 15 is 0 Å². The maximum Gasteiger partial charge on any atom is 0.0293 e. The van der Waals surface area contributed by atoms with Gasteiger partial charge in [0.05, 0.1) is 0 Å². The van der Waals surface area contributed by atoms with Crippen molar-refractivity contribution in [2.24, 2.45) is 0 Å². The Balaban J connectivity index is 1.80. The quantitative estimate of drug-likeness (QED) is 0.615. The van der Waals surface area contributed by atoms with E-state index in [1.54, 1.807) is 0 Å². The first-order valence-corrected chi connectivity index (χ1v) is 8.15. The van der Waals surface area contributed by atoms with Crippen LogP contribution in [0.2, 0.25) is 0 Å². The topological polar surface area (TPSA) is 12.0 Å². The molecule has 0 fully saturated rings. The molecule has 1 nitrogen and oxygen atoms in total. The van der Waals surface area contributed by atoms with E-state index in [0.717, 1.165) is 19.3 Å². The van der Waals surface area contributed by atoms with Gasteiger partial charge in [-0.3, -0.25) is 0 Å². The maximum absolute atomic E-state index is 4.24. The molecule has 1 N–H and O–H groups in total. The second-order valence-electron chi connectivity index (χ2n) is 5.81. The van der Waals surface area contributed by atoms with E-state index in [4.69, 9.17) is 0 Å². The first-order chi connectivity index (χ1) is 10.3. The van der Waals surface area contributed by atoms with Crippen molar-refractivity contribution in [2.45, 2.75) is 51.5 Å². The summed E-state index contributed by atoms with van der Waals surface area (Å²) >= 11 is 0. The highest BCUT2D eigenvalue weighted by atomic mass is 14.9. The fourth-order valence-electron chi connectivity index (χ4n) is 2.57. The number of unbranched alkanes of at least 4 members (excludes halogenated alkanes) is 2. The summed E-state index contributed by atoms with van der Waals surface area (Å²) in [4.78, 5) is 0. The summed E-state index contributed by atoms with van der Waals surface area (Å²) in [5.41, 5.74) is 3.79. The van der Waals surface area contributed by atoms with E-state index in [0.29, 0.717) is 6.04 Å². The molecule has 1 aliphatic rings. The Morgan fingerprint density at radius 2 is 2.14 bits per heavy atom. The molecule has 1 heteroatoms. The van der Waals surface area contributed by atoms with Gasteiger partial charge in [0.15, 0.2) is 0 Å². The highest BCUT2D eigenvalue weighted by Crippen LogP contribution is 2.21. The van der Waals surface area contributed by atoms with Crippen LogP contribution in [0, 0.1) is 0 Å². The molecule has 0 bridgehead atoms. The molecule has 1 aromatic carbocycles. The largest absolute Gasteiger partial charge is 0.388 e. The second kappa shape index (κ2) is 8.51. The lowest BCUT2D eigenvalue weighted by atomic mass is 9.98. The summed E-state index contributed by atoms with van der Waals surface area (Å²) < 4.78 is 0. The maximum atomic E-state index is 4.24. The Hall–Kier alpha value is -1.76. The average molecular weight is 281 g/mol. The lowest BCUT2D eigenvalue weighted by Crippen LogP contribution is -2.18. The van der Waals surface area contributed by atoms with Crippen LogP contribution in [0.15, 0.2) is 49.2 Å². The molecule has 0 spiro atoms. The van der Waals surface area contributed by atoms with Gasteiger partial charge in [0.2, 0.25) is 0 Å². The van der Waals surface area contributed by atoms with Gasteiger partial charge in [-0.05, 0) is 48.6 Å². The van der Waals surface area contributed by atoms with E-state index < -0.39 is 0 Å². The van der Waals surface area contributed by atoms with Crippen molar-refractivity contribution >= 4 is 11.6 Å². The van der Waals surface area contributed by atoms with Crippen LogP contribution in [-0.2, 0) is 0 Å². The summed E-state index contributed by atoms with van der Waals surface area (Å²) in [5.74, 6) is 0. The van der Waals surface area contributed by atoms with Crippen LogP contribution in [0.5, 0.6) is 0 Å². The number of allylic oxidation sites excluding steroid dienone is 2. The molecular weight excluding hydrogens is 254 g/mol. The third-order valence-corrected chi connectivity index (χ3v) is 4.02. The SMILES string of the molecule is C=C(CCC1CC=CN1)c1ccc(/C=C/CCCC)cc1. The molecule has 1 aliphatic heterocycles. The highest BCUT2D eigenvalue weighted by molar-refractivity contribution is 5.65. The molecule has 0 amide bonds. The number of hydrogen-bond donors (Lipinski definition) is 1. The lowest BCUT2D eigenvalue weighted by molar-refractivity contribution is 0.586. The number of hydrogen-bond acceptors (Lipinski definition) is 1. The normalized spacial score (nSPS) is 17.3. The van der Waals surface area contributed by atoms with E-state index in [2.05, 4.69) is 67.5 Å². The van der Waals surface area contributed by atoms with Gasteiger partial charge in [-0.15, -0.1) is 0 Å². The van der Waals surface area contributed by atoms with E-state index in [1.807, 2.05) is 0 Å². The second-order valence-corrected chi connectivity index (χ2v) is 5.81. The molecule has 0 aliphatic carbocycles. The minimum Gasteiger partial charge on any atom is -0.388 e. The lowest BCUT2D eigenvalue weighted by Gasteiger charge is -2.12. The summed E-state index contributed by atoms with van der Waals surface area (Å²) in [6.45, 7) is 6.46. The molecule has 1 atom stereocenters. The van der Waals surface area contributed by atoms with Crippen LogP contribution in [0.4, 0.5) is 0 Å². The minimum absolute atomic E-state index is 0.600.